The Morgan fingerprint density at radius 1 is 1.43 bits per heavy atom. The maximum atomic E-state index is 12.3. The third-order valence-electron chi connectivity index (χ3n) is 4.08. The average Bonchev–Trinajstić information content (AvgIpc) is 3.23. The fourth-order valence-electron chi connectivity index (χ4n) is 2.81. The van der Waals surface area contributed by atoms with Crippen molar-refractivity contribution in [2.24, 2.45) is 5.92 Å². The number of aryl methyl sites for hydroxylation is 2. The molecule has 0 unspecified atom stereocenters. The van der Waals surface area contributed by atoms with Crippen molar-refractivity contribution >= 4 is 5.91 Å². The lowest BCUT2D eigenvalue weighted by atomic mass is 9.91. The van der Waals surface area contributed by atoms with E-state index < -0.39 is 0 Å². The average molecular weight is 319 g/mol. The SMILES string of the molecule is Cc1noc([C@@H](NC(=O)CCc2ccoc2)C2CCOCC2)n1. The summed E-state index contributed by atoms with van der Waals surface area (Å²) in [7, 11) is 0. The van der Waals surface area contributed by atoms with E-state index in [2.05, 4.69) is 15.5 Å². The molecule has 7 nitrogen and oxygen atoms in total. The third-order valence-corrected chi connectivity index (χ3v) is 4.08. The van der Waals surface area contributed by atoms with Gasteiger partial charge in [-0.2, -0.15) is 4.98 Å². The van der Waals surface area contributed by atoms with Gasteiger partial charge in [-0.1, -0.05) is 5.16 Å². The normalized spacial score (nSPS) is 17.1. The van der Waals surface area contributed by atoms with Gasteiger partial charge >= 0.3 is 0 Å². The summed E-state index contributed by atoms with van der Waals surface area (Å²) in [5.41, 5.74) is 1.01. The first kappa shape index (κ1) is 15.7. The van der Waals surface area contributed by atoms with Gasteiger partial charge in [-0.3, -0.25) is 4.79 Å². The third kappa shape index (κ3) is 4.19. The Hall–Kier alpha value is -2.15. The number of nitrogens with zero attached hydrogens (tertiary/aromatic N) is 2. The molecule has 2 aromatic heterocycles. The second-order valence-electron chi connectivity index (χ2n) is 5.81. The first-order valence-corrected chi connectivity index (χ1v) is 7.91. The fourth-order valence-corrected chi connectivity index (χ4v) is 2.81. The number of ether oxygens (including phenoxy) is 1. The maximum absolute atomic E-state index is 12.3. The highest BCUT2D eigenvalue weighted by atomic mass is 16.5. The van der Waals surface area contributed by atoms with E-state index in [1.54, 1.807) is 19.5 Å². The molecule has 1 fully saturated rings. The number of furan rings is 1. The van der Waals surface area contributed by atoms with Gasteiger partial charge in [0.2, 0.25) is 11.8 Å². The second-order valence-corrected chi connectivity index (χ2v) is 5.81. The number of rotatable bonds is 6. The van der Waals surface area contributed by atoms with E-state index in [4.69, 9.17) is 13.7 Å². The number of carbonyl (C=O) groups excluding carboxylic acids is 1. The molecule has 23 heavy (non-hydrogen) atoms. The van der Waals surface area contributed by atoms with E-state index in [1.807, 2.05) is 6.07 Å². The highest BCUT2D eigenvalue weighted by Gasteiger charge is 2.31. The van der Waals surface area contributed by atoms with Crippen LogP contribution in [-0.4, -0.2) is 29.3 Å². The molecule has 2 aromatic rings. The lowest BCUT2D eigenvalue weighted by Crippen LogP contribution is -2.36. The summed E-state index contributed by atoms with van der Waals surface area (Å²) in [6, 6.07) is 1.61. The molecule has 3 rings (SSSR count). The van der Waals surface area contributed by atoms with Crippen molar-refractivity contribution in [3.63, 3.8) is 0 Å². The predicted octanol–water partition coefficient (Wildman–Crippen LogP) is 2.19. The highest BCUT2D eigenvalue weighted by Crippen LogP contribution is 2.29. The van der Waals surface area contributed by atoms with Crippen LogP contribution in [0.5, 0.6) is 0 Å². The Morgan fingerprint density at radius 2 is 2.26 bits per heavy atom. The molecule has 3 heterocycles. The number of aromatic nitrogens is 2. The molecular formula is C16H21N3O4. The van der Waals surface area contributed by atoms with Gasteiger partial charge in [0.1, 0.15) is 6.04 Å². The summed E-state index contributed by atoms with van der Waals surface area (Å²) in [6.07, 6.45) is 6.05. The van der Waals surface area contributed by atoms with Crippen molar-refractivity contribution < 1.29 is 18.5 Å². The topological polar surface area (TPSA) is 90.4 Å². The van der Waals surface area contributed by atoms with Gasteiger partial charge in [0, 0.05) is 19.6 Å². The van der Waals surface area contributed by atoms with Crippen LogP contribution >= 0.6 is 0 Å². The van der Waals surface area contributed by atoms with Gasteiger partial charge < -0.3 is 19.0 Å². The number of carbonyl (C=O) groups is 1. The van der Waals surface area contributed by atoms with Crippen LogP contribution in [0.3, 0.4) is 0 Å². The molecule has 1 N–H and O–H groups in total. The van der Waals surface area contributed by atoms with Crippen molar-refractivity contribution in [1.29, 1.82) is 0 Å². The van der Waals surface area contributed by atoms with Gasteiger partial charge in [-0.15, -0.1) is 0 Å². The van der Waals surface area contributed by atoms with Crippen LogP contribution in [0, 0.1) is 12.8 Å². The first-order valence-electron chi connectivity index (χ1n) is 7.91. The van der Waals surface area contributed by atoms with Crippen molar-refractivity contribution in [3.05, 3.63) is 35.9 Å². The van der Waals surface area contributed by atoms with Crippen LogP contribution in [0.15, 0.2) is 27.5 Å². The van der Waals surface area contributed by atoms with Crippen molar-refractivity contribution in [1.82, 2.24) is 15.5 Å². The predicted molar refractivity (Wildman–Crippen MR) is 80.5 cm³/mol. The van der Waals surface area contributed by atoms with Crippen LogP contribution in [-0.2, 0) is 16.0 Å². The molecular weight excluding hydrogens is 298 g/mol. The number of hydrogen-bond acceptors (Lipinski definition) is 6. The van der Waals surface area contributed by atoms with Gasteiger partial charge in [0.15, 0.2) is 5.82 Å². The van der Waals surface area contributed by atoms with Crippen LogP contribution in [0.2, 0.25) is 0 Å². The van der Waals surface area contributed by atoms with E-state index >= 15 is 0 Å². The van der Waals surface area contributed by atoms with E-state index in [0.717, 1.165) is 18.4 Å². The Bertz CT molecular complexity index is 617. The van der Waals surface area contributed by atoms with Crippen LogP contribution in [0.4, 0.5) is 0 Å². The zero-order valence-electron chi connectivity index (χ0n) is 13.2. The Labute approximate surface area is 134 Å². The monoisotopic (exact) mass is 319 g/mol. The lowest BCUT2D eigenvalue weighted by Gasteiger charge is -2.28. The molecule has 0 aliphatic carbocycles. The standard InChI is InChI=1S/C16H21N3O4/c1-11-17-16(23-19-11)15(13-5-8-21-9-6-13)18-14(20)3-2-12-4-7-22-10-12/h4,7,10,13,15H,2-3,5-6,8-9H2,1H3,(H,18,20)/t15-/m0/s1. The quantitative estimate of drug-likeness (QED) is 0.877. The Morgan fingerprint density at radius 3 is 2.91 bits per heavy atom. The van der Waals surface area contributed by atoms with E-state index in [0.29, 0.717) is 37.8 Å². The van der Waals surface area contributed by atoms with Crippen LogP contribution in [0.25, 0.3) is 0 Å². The highest BCUT2D eigenvalue weighted by molar-refractivity contribution is 5.76. The zero-order chi connectivity index (χ0) is 16.1. The van der Waals surface area contributed by atoms with E-state index in [1.165, 1.54) is 0 Å². The molecule has 1 saturated heterocycles. The minimum atomic E-state index is -0.253. The number of nitrogens with one attached hydrogen (secondary N) is 1. The minimum absolute atomic E-state index is 0.0291. The Kier molecular flexibility index (Phi) is 5.07. The summed E-state index contributed by atoms with van der Waals surface area (Å²) in [5, 5.41) is 6.90. The molecule has 1 atom stereocenters. The smallest absolute Gasteiger partial charge is 0.249 e. The van der Waals surface area contributed by atoms with Crippen molar-refractivity contribution in [2.45, 2.75) is 38.6 Å². The minimum Gasteiger partial charge on any atom is -0.472 e. The Balaban J connectivity index is 1.64. The molecule has 0 aromatic carbocycles. The van der Waals surface area contributed by atoms with Gasteiger partial charge in [0.25, 0.3) is 0 Å². The largest absolute Gasteiger partial charge is 0.472 e. The van der Waals surface area contributed by atoms with Crippen molar-refractivity contribution in [2.75, 3.05) is 13.2 Å². The van der Waals surface area contributed by atoms with Crippen LogP contribution in [0.1, 0.15) is 42.6 Å². The molecule has 1 amide bonds. The number of hydrogen-bond donors (Lipinski definition) is 1. The molecule has 1 aliphatic rings. The van der Waals surface area contributed by atoms with Gasteiger partial charge in [0.05, 0.1) is 12.5 Å². The molecule has 0 spiro atoms. The van der Waals surface area contributed by atoms with E-state index in [-0.39, 0.29) is 17.9 Å². The van der Waals surface area contributed by atoms with Gasteiger partial charge in [-0.05, 0) is 43.7 Å². The molecule has 0 radical (unpaired) electrons. The molecule has 1 aliphatic heterocycles. The van der Waals surface area contributed by atoms with Crippen molar-refractivity contribution in [3.8, 4) is 0 Å². The lowest BCUT2D eigenvalue weighted by molar-refractivity contribution is -0.122. The second kappa shape index (κ2) is 7.41. The summed E-state index contributed by atoms with van der Waals surface area (Å²) in [4.78, 5) is 16.6. The fraction of sp³-hybridized carbons (Fsp3) is 0.562. The summed E-state index contributed by atoms with van der Waals surface area (Å²) in [5.74, 6) is 1.27. The molecule has 7 heteroatoms. The summed E-state index contributed by atoms with van der Waals surface area (Å²) < 4.78 is 15.7. The van der Waals surface area contributed by atoms with Gasteiger partial charge in [-0.25, -0.2) is 0 Å². The van der Waals surface area contributed by atoms with E-state index in [9.17, 15) is 4.79 Å². The van der Waals surface area contributed by atoms with Crippen LogP contribution < -0.4 is 5.32 Å². The summed E-state index contributed by atoms with van der Waals surface area (Å²) in [6.45, 7) is 3.16. The number of amides is 1. The molecule has 0 saturated carbocycles. The molecule has 124 valence electrons. The zero-order valence-corrected chi connectivity index (χ0v) is 13.2. The maximum Gasteiger partial charge on any atom is 0.249 e. The first-order chi connectivity index (χ1) is 11.2. The summed E-state index contributed by atoms with van der Waals surface area (Å²) >= 11 is 0. The molecule has 0 bridgehead atoms.